The summed E-state index contributed by atoms with van der Waals surface area (Å²) in [5, 5.41) is 11.9. The summed E-state index contributed by atoms with van der Waals surface area (Å²) < 4.78 is 26.3. The van der Waals surface area contributed by atoms with E-state index in [2.05, 4.69) is 15.5 Å². The largest absolute Gasteiger partial charge is 0.285 e. The molecule has 0 unspecified atom stereocenters. The number of carbonyl (C=O) groups is 1. The first kappa shape index (κ1) is 23.7. The van der Waals surface area contributed by atoms with Crippen LogP contribution in [0.2, 0.25) is 10.0 Å². The second kappa shape index (κ2) is 9.21. The fraction of sp³-hybridized carbons (Fsp3) is 0.174. The Kier molecular flexibility index (Phi) is 6.24. The van der Waals surface area contributed by atoms with Crippen molar-refractivity contribution in [3.63, 3.8) is 0 Å². The van der Waals surface area contributed by atoms with Gasteiger partial charge in [-0.3, -0.25) is 10.2 Å². The number of hydrazine groups is 1. The highest BCUT2D eigenvalue weighted by Gasteiger charge is 2.31. The van der Waals surface area contributed by atoms with E-state index >= 15 is 0 Å². The molecule has 3 heterocycles. The zero-order valence-corrected chi connectivity index (χ0v) is 20.6. The Bertz CT molecular complexity index is 1550. The van der Waals surface area contributed by atoms with Gasteiger partial charge >= 0.3 is 0 Å². The molecule has 5 rings (SSSR count). The summed E-state index contributed by atoms with van der Waals surface area (Å²) in [7, 11) is -4.36. The van der Waals surface area contributed by atoms with Gasteiger partial charge in [0.1, 0.15) is 5.56 Å². The molecular weight excluding hydrogens is 511 g/mol. The lowest BCUT2D eigenvalue weighted by molar-refractivity contribution is 0.0824. The monoisotopic (exact) mass is 530 g/mol. The van der Waals surface area contributed by atoms with Gasteiger partial charge in [-0.05, 0) is 31.0 Å². The van der Waals surface area contributed by atoms with E-state index in [4.69, 9.17) is 28.3 Å². The topological polar surface area (TPSA) is 123 Å². The summed E-state index contributed by atoms with van der Waals surface area (Å²) in [5.41, 5.74) is 4.95. The van der Waals surface area contributed by atoms with Gasteiger partial charge in [0.05, 0.1) is 5.69 Å². The van der Waals surface area contributed by atoms with Gasteiger partial charge in [0.2, 0.25) is 5.03 Å². The van der Waals surface area contributed by atoms with Gasteiger partial charge in [-0.25, -0.2) is 28.1 Å². The van der Waals surface area contributed by atoms with Crippen LogP contribution in [0.3, 0.4) is 0 Å². The van der Waals surface area contributed by atoms with Gasteiger partial charge in [0, 0.05) is 46.0 Å². The number of benzene rings is 2. The smallest absolute Gasteiger partial charge is 0.272 e. The van der Waals surface area contributed by atoms with Crippen LogP contribution in [0.15, 0.2) is 59.8 Å². The molecule has 0 atom stereocenters. The highest BCUT2D eigenvalue weighted by atomic mass is 35.5. The molecule has 0 spiro atoms. The predicted molar refractivity (Wildman–Crippen MR) is 134 cm³/mol. The van der Waals surface area contributed by atoms with E-state index < -0.39 is 21.0 Å². The average Bonchev–Trinajstić information content (AvgIpc) is 3.47. The molecular formula is C23H20Cl2N6O3S. The molecule has 35 heavy (non-hydrogen) atoms. The number of rotatable bonds is 5. The van der Waals surface area contributed by atoms with Crippen LogP contribution in [0.4, 0.5) is 0 Å². The Balaban J connectivity index is 1.81. The first-order chi connectivity index (χ1) is 16.7. The van der Waals surface area contributed by atoms with E-state index in [1.165, 1.54) is 4.52 Å². The molecule has 3 N–H and O–H groups in total. The Morgan fingerprint density at radius 2 is 1.69 bits per heavy atom. The number of carbonyl (C=O) groups excluding carboxylic acids is 1. The number of nitrogens with two attached hydrogens (primary N) is 1. The molecule has 2 aromatic carbocycles. The SMILES string of the molecule is NS(=O)(=O)c1nn2c(-c3ccc(Cl)cc3)c(-c3ccccc3Cl)cnc2c1C(=O)NN1CCCC1. The Labute approximate surface area is 211 Å². The van der Waals surface area contributed by atoms with E-state index in [0.717, 1.165) is 12.8 Å². The summed E-state index contributed by atoms with van der Waals surface area (Å²) in [6, 6.07) is 14.1. The standard InChI is InChI=1S/C23H20Cl2N6O3S/c24-15-9-7-14(8-10-15)20-17(16-5-1-2-6-18(16)25)13-27-21-19(22(32)28-30-11-3-4-12-30)23(29-31(20)21)35(26,33)34/h1-2,5-10,13H,3-4,11-12H2,(H,28,32)(H2,26,33,34). The van der Waals surface area contributed by atoms with Crippen LogP contribution < -0.4 is 10.6 Å². The minimum Gasteiger partial charge on any atom is -0.285 e. The summed E-state index contributed by atoms with van der Waals surface area (Å²) in [6.07, 6.45) is 3.40. The van der Waals surface area contributed by atoms with Crippen LogP contribution in [0.5, 0.6) is 0 Å². The molecule has 0 aliphatic carbocycles. The van der Waals surface area contributed by atoms with Crippen molar-refractivity contribution >= 4 is 44.8 Å². The molecule has 1 saturated heterocycles. The molecule has 1 fully saturated rings. The van der Waals surface area contributed by atoms with Crippen molar-refractivity contribution in [1.29, 1.82) is 0 Å². The van der Waals surface area contributed by atoms with Crippen LogP contribution in [0.1, 0.15) is 23.2 Å². The number of amides is 1. The van der Waals surface area contributed by atoms with Gasteiger partial charge in [0.25, 0.3) is 15.9 Å². The first-order valence-electron chi connectivity index (χ1n) is 10.8. The van der Waals surface area contributed by atoms with Crippen molar-refractivity contribution in [3.05, 3.63) is 70.3 Å². The maximum Gasteiger partial charge on any atom is 0.272 e. The highest BCUT2D eigenvalue weighted by Crippen LogP contribution is 2.37. The van der Waals surface area contributed by atoms with Crippen molar-refractivity contribution in [2.45, 2.75) is 17.9 Å². The zero-order chi connectivity index (χ0) is 24.7. The minimum atomic E-state index is -4.36. The van der Waals surface area contributed by atoms with Crippen molar-refractivity contribution in [2.24, 2.45) is 5.14 Å². The summed E-state index contributed by atoms with van der Waals surface area (Å²) in [5.74, 6) is -0.647. The molecule has 1 amide bonds. The number of nitrogens with zero attached hydrogens (tertiary/aromatic N) is 4. The molecule has 180 valence electrons. The summed E-state index contributed by atoms with van der Waals surface area (Å²) in [6.45, 7) is 1.32. The Hall–Kier alpha value is -3.02. The summed E-state index contributed by atoms with van der Waals surface area (Å²) >= 11 is 12.6. The number of primary sulfonamides is 1. The lowest BCUT2D eigenvalue weighted by atomic mass is 10.0. The first-order valence-corrected chi connectivity index (χ1v) is 13.1. The van der Waals surface area contributed by atoms with Crippen molar-refractivity contribution < 1.29 is 13.2 Å². The summed E-state index contributed by atoms with van der Waals surface area (Å²) in [4.78, 5) is 17.7. The second-order valence-corrected chi connectivity index (χ2v) is 10.4. The van der Waals surface area contributed by atoms with Crippen LogP contribution in [-0.4, -0.2) is 47.0 Å². The molecule has 1 aliphatic rings. The Morgan fingerprint density at radius 3 is 2.34 bits per heavy atom. The lowest BCUT2D eigenvalue weighted by Crippen LogP contribution is -2.40. The fourth-order valence-corrected chi connectivity index (χ4v) is 5.18. The molecule has 0 saturated carbocycles. The maximum atomic E-state index is 13.2. The third-order valence-corrected chi connectivity index (χ3v) is 7.16. The molecule has 0 bridgehead atoms. The highest BCUT2D eigenvalue weighted by molar-refractivity contribution is 7.89. The number of aromatic nitrogens is 3. The van der Waals surface area contributed by atoms with Gasteiger partial charge in [-0.1, -0.05) is 53.5 Å². The number of halogens is 2. The van der Waals surface area contributed by atoms with E-state index in [0.29, 0.717) is 45.5 Å². The maximum absolute atomic E-state index is 13.2. The number of hydrogen-bond donors (Lipinski definition) is 2. The lowest BCUT2D eigenvalue weighted by Gasteiger charge is -2.16. The Morgan fingerprint density at radius 1 is 1.00 bits per heavy atom. The van der Waals surface area contributed by atoms with E-state index in [9.17, 15) is 13.2 Å². The number of sulfonamides is 1. The zero-order valence-electron chi connectivity index (χ0n) is 18.3. The van der Waals surface area contributed by atoms with Gasteiger partial charge < -0.3 is 0 Å². The second-order valence-electron chi connectivity index (χ2n) is 8.10. The van der Waals surface area contributed by atoms with Crippen molar-refractivity contribution in [3.8, 4) is 22.4 Å². The van der Waals surface area contributed by atoms with Crippen molar-refractivity contribution in [2.75, 3.05) is 13.1 Å². The minimum absolute atomic E-state index is 0.0477. The molecule has 9 nitrogen and oxygen atoms in total. The van der Waals surface area contributed by atoms with Gasteiger partial charge in [0.15, 0.2) is 5.65 Å². The number of nitrogens with one attached hydrogen (secondary N) is 1. The predicted octanol–water partition coefficient (Wildman–Crippen LogP) is 3.76. The van der Waals surface area contributed by atoms with Crippen LogP contribution in [0.25, 0.3) is 28.0 Å². The number of fused-ring (bicyclic) bond motifs is 1. The van der Waals surface area contributed by atoms with Crippen molar-refractivity contribution in [1.82, 2.24) is 25.0 Å². The molecule has 4 aromatic rings. The quantitative estimate of drug-likeness (QED) is 0.405. The third kappa shape index (κ3) is 4.51. The molecule has 1 aliphatic heterocycles. The van der Waals surface area contributed by atoms with E-state index in [-0.39, 0.29) is 11.2 Å². The van der Waals surface area contributed by atoms with Gasteiger partial charge in [-0.2, -0.15) is 5.10 Å². The fourth-order valence-electron chi connectivity index (χ4n) is 4.15. The molecule has 0 radical (unpaired) electrons. The van der Waals surface area contributed by atoms with Crippen LogP contribution in [-0.2, 0) is 10.0 Å². The van der Waals surface area contributed by atoms with Crippen LogP contribution in [0, 0.1) is 0 Å². The molecule has 2 aromatic heterocycles. The molecule has 12 heteroatoms. The van der Waals surface area contributed by atoms with E-state index in [1.54, 1.807) is 47.6 Å². The number of hydrogen-bond acceptors (Lipinski definition) is 6. The van der Waals surface area contributed by atoms with E-state index in [1.807, 2.05) is 12.1 Å². The average molecular weight is 531 g/mol. The van der Waals surface area contributed by atoms with Crippen LogP contribution >= 0.6 is 23.2 Å². The normalized spacial score (nSPS) is 14.5. The third-order valence-electron chi connectivity index (χ3n) is 5.76. The van der Waals surface area contributed by atoms with Gasteiger partial charge in [-0.15, -0.1) is 0 Å².